The average Bonchev–Trinajstić information content (AvgIpc) is 2.61. The normalized spacial score (nSPS) is 18.0. The van der Waals surface area contributed by atoms with Crippen molar-refractivity contribution in [2.75, 3.05) is 39.8 Å². The maximum atomic E-state index is 12.4. The molecule has 1 aliphatic rings. The number of aliphatic hydroxyl groups excluding tert-OH is 1. The number of carbonyl (C=O) groups is 1. The molecule has 1 aromatic rings. The Hall–Kier alpha value is -1.59. The summed E-state index contributed by atoms with van der Waals surface area (Å²) in [5.74, 6) is 0. The molecule has 0 aliphatic carbocycles. The Morgan fingerprint density at radius 2 is 2.08 bits per heavy atom. The van der Waals surface area contributed by atoms with Crippen molar-refractivity contribution in [2.24, 2.45) is 0 Å². The van der Waals surface area contributed by atoms with E-state index in [0.717, 1.165) is 45.3 Å². The maximum Gasteiger partial charge on any atom is 0.317 e. The van der Waals surface area contributed by atoms with E-state index in [1.54, 1.807) is 0 Å². The van der Waals surface area contributed by atoms with Gasteiger partial charge in [-0.1, -0.05) is 30.3 Å². The van der Waals surface area contributed by atoms with E-state index in [1.807, 2.05) is 11.0 Å². The summed E-state index contributed by atoms with van der Waals surface area (Å²) in [6.45, 7) is 3.44. The van der Waals surface area contributed by atoms with Gasteiger partial charge in [0.2, 0.25) is 0 Å². The number of hydrogen-bond donors (Lipinski definition) is 2. The third-order valence-electron chi connectivity index (χ3n) is 4.75. The lowest BCUT2D eigenvalue weighted by Gasteiger charge is -2.35. The number of hydrogen-bond acceptors (Lipinski definition) is 3. The molecule has 1 aromatic carbocycles. The first-order chi connectivity index (χ1) is 11.7. The molecule has 0 bridgehead atoms. The molecule has 134 valence electrons. The van der Waals surface area contributed by atoms with Gasteiger partial charge in [-0.3, -0.25) is 0 Å². The zero-order valence-corrected chi connectivity index (χ0v) is 14.8. The third-order valence-corrected chi connectivity index (χ3v) is 4.75. The van der Waals surface area contributed by atoms with Crippen LogP contribution in [0.3, 0.4) is 0 Å². The van der Waals surface area contributed by atoms with Crippen LogP contribution in [0.25, 0.3) is 0 Å². The molecule has 2 N–H and O–H groups in total. The molecule has 0 aromatic heterocycles. The third kappa shape index (κ3) is 6.13. The molecule has 1 saturated heterocycles. The van der Waals surface area contributed by atoms with Crippen molar-refractivity contribution in [3.05, 3.63) is 35.9 Å². The zero-order valence-electron chi connectivity index (χ0n) is 14.8. The van der Waals surface area contributed by atoms with Gasteiger partial charge in [0.05, 0.1) is 0 Å². The van der Waals surface area contributed by atoms with Gasteiger partial charge in [0.25, 0.3) is 0 Å². The lowest BCUT2D eigenvalue weighted by atomic mass is 10.0. The van der Waals surface area contributed by atoms with E-state index in [9.17, 15) is 4.79 Å². The Labute approximate surface area is 145 Å². The summed E-state index contributed by atoms with van der Waals surface area (Å²) in [4.78, 5) is 16.5. The molecule has 24 heavy (non-hydrogen) atoms. The molecular formula is C19H31N3O2. The van der Waals surface area contributed by atoms with Gasteiger partial charge >= 0.3 is 6.03 Å². The van der Waals surface area contributed by atoms with E-state index >= 15 is 0 Å². The number of amides is 2. The minimum absolute atomic E-state index is 0.0182. The number of urea groups is 1. The number of carbonyl (C=O) groups excluding carboxylic acids is 1. The maximum absolute atomic E-state index is 12.4. The molecule has 1 heterocycles. The van der Waals surface area contributed by atoms with Crippen LogP contribution in [0, 0.1) is 0 Å². The van der Waals surface area contributed by atoms with Crippen molar-refractivity contribution in [2.45, 2.75) is 38.1 Å². The topological polar surface area (TPSA) is 55.8 Å². The number of nitrogens with zero attached hydrogens (tertiary/aromatic N) is 2. The molecular weight excluding hydrogens is 302 g/mol. The summed E-state index contributed by atoms with van der Waals surface area (Å²) in [6, 6.07) is 10.7. The van der Waals surface area contributed by atoms with E-state index in [1.165, 1.54) is 5.56 Å². The molecule has 5 nitrogen and oxygen atoms in total. The molecule has 1 aliphatic heterocycles. The minimum Gasteiger partial charge on any atom is -0.396 e. The van der Waals surface area contributed by atoms with E-state index in [4.69, 9.17) is 5.11 Å². The Bertz CT molecular complexity index is 479. The predicted molar refractivity (Wildman–Crippen MR) is 97.1 cm³/mol. The second-order valence-corrected chi connectivity index (χ2v) is 6.63. The lowest BCUT2D eigenvalue weighted by molar-refractivity contribution is 0.131. The van der Waals surface area contributed by atoms with Crippen molar-refractivity contribution in [3.63, 3.8) is 0 Å². The molecule has 2 amide bonds. The average molecular weight is 333 g/mol. The highest BCUT2D eigenvalue weighted by Crippen LogP contribution is 2.19. The van der Waals surface area contributed by atoms with Crippen LogP contribution in [0.2, 0.25) is 0 Å². The standard InChI is InChI=1S/C19H31N3O2/c1-21(14-10-17-7-3-2-4-8-17)15-12-20-19(24)22-13-6-5-9-18(22)11-16-23/h2-4,7-8,18,23H,5-6,9-16H2,1H3,(H,20,24)/t18-/m1/s1. The highest BCUT2D eigenvalue weighted by Gasteiger charge is 2.25. The SMILES string of the molecule is CN(CCNC(=O)N1CCCC[C@@H]1CCO)CCc1ccccc1. The van der Waals surface area contributed by atoms with Crippen LogP contribution in [0.4, 0.5) is 4.79 Å². The van der Waals surface area contributed by atoms with Crippen LogP contribution in [0.5, 0.6) is 0 Å². The van der Waals surface area contributed by atoms with E-state index < -0.39 is 0 Å². The molecule has 0 saturated carbocycles. The fourth-order valence-corrected chi connectivity index (χ4v) is 3.25. The van der Waals surface area contributed by atoms with Gasteiger partial charge in [0.15, 0.2) is 0 Å². The summed E-state index contributed by atoms with van der Waals surface area (Å²) < 4.78 is 0. The van der Waals surface area contributed by atoms with Crippen LogP contribution in [0.1, 0.15) is 31.2 Å². The summed E-state index contributed by atoms with van der Waals surface area (Å²) in [6.07, 6.45) is 4.92. The number of piperidine rings is 1. The number of nitrogens with one attached hydrogen (secondary N) is 1. The highest BCUT2D eigenvalue weighted by atomic mass is 16.3. The number of aliphatic hydroxyl groups is 1. The molecule has 2 rings (SSSR count). The molecule has 1 atom stereocenters. The van der Waals surface area contributed by atoms with Crippen LogP contribution < -0.4 is 5.32 Å². The summed E-state index contributed by atoms with van der Waals surface area (Å²) in [7, 11) is 2.09. The van der Waals surface area contributed by atoms with Crippen LogP contribution in [0.15, 0.2) is 30.3 Å². The molecule has 1 fully saturated rings. The Morgan fingerprint density at radius 3 is 2.83 bits per heavy atom. The second kappa shape index (κ2) is 10.3. The van der Waals surface area contributed by atoms with Crippen molar-refractivity contribution >= 4 is 6.03 Å². The Morgan fingerprint density at radius 1 is 1.29 bits per heavy atom. The van der Waals surface area contributed by atoms with Crippen molar-refractivity contribution in [1.82, 2.24) is 15.1 Å². The smallest absolute Gasteiger partial charge is 0.317 e. The highest BCUT2D eigenvalue weighted by molar-refractivity contribution is 5.74. The van der Waals surface area contributed by atoms with Gasteiger partial charge in [-0.15, -0.1) is 0 Å². The summed E-state index contributed by atoms with van der Waals surface area (Å²) >= 11 is 0. The summed E-state index contributed by atoms with van der Waals surface area (Å²) in [5, 5.41) is 12.2. The second-order valence-electron chi connectivity index (χ2n) is 6.63. The first-order valence-electron chi connectivity index (χ1n) is 9.08. The van der Waals surface area contributed by atoms with Crippen molar-refractivity contribution < 1.29 is 9.90 Å². The quantitative estimate of drug-likeness (QED) is 0.766. The van der Waals surface area contributed by atoms with Gasteiger partial charge in [-0.2, -0.15) is 0 Å². The minimum atomic E-state index is 0.0182. The van der Waals surface area contributed by atoms with E-state index in [2.05, 4.69) is 41.5 Å². The Balaban J connectivity index is 1.65. The van der Waals surface area contributed by atoms with Crippen LogP contribution in [-0.4, -0.2) is 66.8 Å². The molecule has 0 spiro atoms. The number of benzene rings is 1. The monoisotopic (exact) mass is 333 g/mol. The Kier molecular flexibility index (Phi) is 8.05. The predicted octanol–water partition coefficient (Wildman–Crippen LogP) is 2.11. The van der Waals surface area contributed by atoms with Gasteiger partial charge in [-0.25, -0.2) is 4.79 Å². The first-order valence-corrected chi connectivity index (χ1v) is 9.08. The van der Waals surface area contributed by atoms with Gasteiger partial charge in [0.1, 0.15) is 0 Å². The lowest BCUT2D eigenvalue weighted by Crippen LogP contribution is -2.50. The zero-order chi connectivity index (χ0) is 17.2. The van der Waals surface area contributed by atoms with Gasteiger partial charge in [-0.05, 0) is 44.7 Å². The number of likely N-dealkylation sites (tertiary alicyclic amines) is 1. The number of likely N-dealkylation sites (N-methyl/N-ethyl adjacent to an activating group) is 1. The van der Waals surface area contributed by atoms with Crippen molar-refractivity contribution in [3.8, 4) is 0 Å². The largest absolute Gasteiger partial charge is 0.396 e. The van der Waals surface area contributed by atoms with E-state index in [0.29, 0.717) is 13.0 Å². The van der Waals surface area contributed by atoms with Crippen molar-refractivity contribution in [1.29, 1.82) is 0 Å². The summed E-state index contributed by atoms with van der Waals surface area (Å²) in [5.41, 5.74) is 1.34. The fraction of sp³-hybridized carbons (Fsp3) is 0.632. The molecule has 0 radical (unpaired) electrons. The van der Waals surface area contributed by atoms with Gasteiger partial charge < -0.3 is 20.2 Å². The van der Waals surface area contributed by atoms with Crippen LogP contribution in [-0.2, 0) is 6.42 Å². The van der Waals surface area contributed by atoms with Crippen LogP contribution >= 0.6 is 0 Å². The van der Waals surface area contributed by atoms with E-state index in [-0.39, 0.29) is 18.7 Å². The van der Waals surface area contributed by atoms with Gasteiger partial charge in [0, 0.05) is 38.8 Å². The number of rotatable bonds is 8. The molecule has 0 unspecified atom stereocenters. The first kappa shape index (κ1) is 18.7. The fourth-order valence-electron chi connectivity index (χ4n) is 3.25. The molecule has 5 heteroatoms.